The molecule has 17 heavy (non-hydrogen) atoms. The smallest absolute Gasteiger partial charge is 0.306 e. The number of nitrogens with zero attached hydrogens (tertiary/aromatic N) is 1. The molecule has 1 amide bonds. The van der Waals surface area contributed by atoms with E-state index in [2.05, 4.69) is 0 Å². The highest BCUT2D eigenvalue weighted by molar-refractivity contribution is 5.81. The Balaban J connectivity index is 2.25. The Labute approximate surface area is 103 Å². The van der Waals surface area contributed by atoms with Crippen molar-refractivity contribution in [2.75, 3.05) is 13.1 Å². The summed E-state index contributed by atoms with van der Waals surface area (Å²) in [5.41, 5.74) is -0.467. The first-order chi connectivity index (χ1) is 7.88. The summed E-state index contributed by atoms with van der Waals surface area (Å²) in [4.78, 5) is 25.1. The van der Waals surface area contributed by atoms with Crippen LogP contribution in [0.25, 0.3) is 0 Å². The highest BCUT2D eigenvalue weighted by Gasteiger charge is 2.20. The third-order valence-electron chi connectivity index (χ3n) is 2.67. The van der Waals surface area contributed by atoms with Crippen molar-refractivity contribution in [3.8, 4) is 0 Å². The monoisotopic (exact) mass is 241 g/mol. The topological polar surface area (TPSA) is 46.6 Å². The molecule has 0 atom stereocenters. The molecule has 1 aliphatic heterocycles. The van der Waals surface area contributed by atoms with E-state index < -0.39 is 5.60 Å². The van der Waals surface area contributed by atoms with Crippen molar-refractivity contribution in [1.29, 1.82) is 0 Å². The standard InChI is InChI=1S/C13H23NO3/c1-13(2,3)17-12(16)8-7-11(15)14-9-5-4-6-10-14/h4-10H2,1-3H3. The molecule has 98 valence electrons. The summed E-state index contributed by atoms with van der Waals surface area (Å²) < 4.78 is 5.17. The van der Waals surface area contributed by atoms with Crippen molar-refractivity contribution in [3.63, 3.8) is 0 Å². The minimum atomic E-state index is -0.467. The van der Waals surface area contributed by atoms with Crippen molar-refractivity contribution in [2.45, 2.75) is 58.5 Å². The van der Waals surface area contributed by atoms with E-state index in [9.17, 15) is 9.59 Å². The van der Waals surface area contributed by atoms with Gasteiger partial charge in [0.05, 0.1) is 6.42 Å². The minimum Gasteiger partial charge on any atom is -0.460 e. The van der Waals surface area contributed by atoms with Gasteiger partial charge in [0.1, 0.15) is 5.60 Å². The molecule has 1 fully saturated rings. The van der Waals surface area contributed by atoms with Crippen LogP contribution in [0.15, 0.2) is 0 Å². The molecule has 0 aromatic carbocycles. The average Bonchev–Trinajstić information content (AvgIpc) is 2.25. The second-order valence-electron chi connectivity index (χ2n) is 5.53. The van der Waals surface area contributed by atoms with Crippen LogP contribution in [0.2, 0.25) is 0 Å². The van der Waals surface area contributed by atoms with E-state index in [0.717, 1.165) is 25.9 Å². The van der Waals surface area contributed by atoms with Crippen LogP contribution in [0, 0.1) is 0 Å². The summed E-state index contributed by atoms with van der Waals surface area (Å²) in [7, 11) is 0. The predicted molar refractivity (Wildman–Crippen MR) is 65.5 cm³/mol. The molecule has 0 N–H and O–H groups in total. The van der Waals surface area contributed by atoms with E-state index in [1.54, 1.807) is 0 Å². The van der Waals surface area contributed by atoms with Crippen molar-refractivity contribution in [3.05, 3.63) is 0 Å². The summed E-state index contributed by atoms with van der Waals surface area (Å²) >= 11 is 0. The zero-order valence-corrected chi connectivity index (χ0v) is 11.1. The molecule has 0 spiro atoms. The van der Waals surface area contributed by atoms with Gasteiger partial charge in [-0.05, 0) is 40.0 Å². The highest BCUT2D eigenvalue weighted by atomic mass is 16.6. The first-order valence-corrected chi connectivity index (χ1v) is 6.38. The summed E-state index contributed by atoms with van der Waals surface area (Å²) in [5, 5.41) is 0. The number of hydrogen-bond acceptors (Lipinski definition) is 3. The molecule has 1 heterocycles. The Bertz CT molecular complexity index is 275. The molecule has 0 aromatic rings. The predicted octanol–water partition coefficient (Wildman–Crippen LogP) is 2.12. The number of ether oxygens (including phenoxy) is 1. The molecule has 0 saturated carbocycles. The van der Waals surface area contributed by atoms with Gasteiger partial charge in [0.2, 0.25) is 5.91 Å². The quantitative estimate of drug-likeness (QED) is 0.711. The lowest BCUT2D eigenvalue weighted by atomic mass is 10.1. The van der Waals surface area contributed by atoms with Crippen LogP contribution in [0.5, 0.6) is 0 Å². The maximum Gasteiger partial charge on any atom is 0.306 e. The fourth-order valence-corrected chi connectivity index (χ4v) is 1.90. The van der Waals surface area contributed by atoms with Crippen LogP contribution in [0.3, 0.4) is 0 Å². The van der Waals surface area contributed by atoms with E-state index in [4.69, 9.17) is 4.74 Å². The normalized spacial score (nSPS) is 16.8. The summed E-state index contributed by atoms with van der Waals surface area (Å²) in [6.45, 7) is 7.17. The number of esters is 1. The van der Waals surface area contributed by atoms with Gasteiger partial charge in [-0.1, -0.05) is 0 Å². The lowest BCUT2D eigenvalue weighted by molar-refractivity contribution is -0.156. The summed E-state index contributed by atoms with van der Waals surface area (Å²) in [5.74, 6) is -0.210. The van der Waals surface area contributed by atoms with Crippen LogP contribution in [0.1, 0.15) is 52.9 Å². The zero-order valence-electron chi connectivity index (χ0n) is 11.1. The Morgan fingerprint density at radius 1 is 1.06 bits per heavy atom. The van der Waals surface area contributed by atoms with Crippen LogP contribution in [0.4, 0.5) is 0 Å². The van der Waals surface area contributed by atoms with Crippen LogP contribution in [-0.4, -0.2) is 35.5 Å². The number of piperidine rings is 1. The Morgan fingerprint density at radius 2 is 1.65 bits per heavy atom. The lowest BCUT2D eigenvalue weighted by Gasteiger charge is -2.26. The second kappa shape index (κ2) is 6.03. The number of likely N-dealkylation sites (tertiary alicyclic amines) is 1. The maximum atomic E-state index is 11.8. The Kier molecular flexibility index (Phi) is 4.97. The van der Waals surface area contributed by atoms with Crippen LogP contribution < -0.4 is 0 Å². The van der Waals surface area contributed by atoms with Gasteiger partial charge in [-0.15, -0.1) is 0 Å². The van der Waals surface area contributed by atoms with E-state index >= 15 is 0 Å². The SMILES string of the molecule is CC(C)(C)OC(=O)CCC(=O)N1CCCCC1. The van der Waals surface area contributed by atoms with Gasteiger partial charge >= 0.3 is 5.97 Å². The third-order valence-corrected chi connectivity index (χ3v) is 2.67. The Hall–Kier alpha value is -1.06. The molecule has 0 radical (unpaired) electrons. The number of rotatable bonds is 3. The fourth-order valence-electron chi connectivity index (χ4n) is 1.90. The van der Waals surface area contributed by atoms with Gasteiger partial charge in [-0.3, -0.25) is 9.59 Å². The molecule has 0 aliphatic carbocycles. The third kappa shape index (κ3) is 5.71. The zero-order chi connectivity index (χ0) is 12.9. The van der Waals surface area contributed by atoms with Gasteiger partial charge < -0.3 is 9.64 Å². The molecule has 0 aromatic heterocycles. The van der Waals surface area contributed by atoms with E-state index in [1.165, 1.54) is 6.42 Å². The van der Waals surface area contributed by atoms with Gasteiger partial charge in [0.25, 0.3) is 0 Å². The first kappa shape index (κ1) is 14.0. The largest absolute Gasteiger partial charge is 0.460 e. The molecule has 1 aliphatic rings. The Morgan fingerprint density at radius 3 is 2.18 bits per heavy atom. The first-order valence-electron chi connectivity index (χ1n) is 6.38. The summed E-state index contributed by atoms with van der Waals surface area (Å²) in [6, 6.07) is 0. The average molecular weight is 241 g/mol. The number of carbonyl (C=O) groups is 2. The minimum absolute atomic E-state index is 0.0792. The lowest BCUT2D eigenvalue weighted by Crippen LogP contribution is -2.36. The number of hydrogen-bond donors (Lipinski definition) is 0. The van der Waals surface area contributed by atoms with Gasteiger partial charge in [-0.25, -0.2) is 0 Å². The molecule has 4 nitrogen and oxygen atoms in total. The number of amides is 1. The molecule has 0 bridgehead atoms. The van der Waals surface area contributed by atoms with Crippen molar-refractivity contribution < 1.29 is 14.3 Å². The van der Waals surface area contributed by atoms with Crippen molar-refractivity contribution >= 4 is 11.9 Å². The molecule has 0 unspecified atom stereocenters. The van der Waals surface area contributed by atoms with E-state index in [0.29, 0.717) is 0 Å². The van der Waals surface area contributed by atoms with Crippen LogP contribution in [-0.2, 0) is 14.3 Å². The molecule has 1 rings (SSSR count). The van der Waals surface area contributed by atoms with Gasteiger partial charge in [0.15, 0.2) is 0 Å². The fraction of sp³-hybridized carbons (Fsp3) is 0.846. The molecular formula is C13H23NO3. The van der Waals surface area contributed by atoms with Crippen LogP contribution >= 0.6 is 0 Å². The van der Waals surface area contributed by atoms with Crippen molar-refractivity contribution in [1.82, 2.24) is 4.90 Å². The summed E-state index contributed by atoms with van der Waals surface area (Å²) in [6.07, 6.45) is 3.83. The molecular weight excluding hydrogens is 218 g/mol. The number of carbonyl (C=O) groups excluding carboxylic acids is 2. The maximum absolute atomic E-state index is 11.8. The van der Waals surface area contributed by atoms with Gasteiger partial charge in [-0.2, -0.15) is 0 Å². The van der Waals surface area contributed by atoms with Gasteiger partial charge in [0, 0.05) is 19.5 Å². The molecule has 4 heteroatoms. The highest BCUT2D eigenvalue weighted by Crippen LogP contribution is 2.12. The second-order valence-corrected chi connectivity index (χ2v) is 5.53. The van der Waals surface area contributed by atoms with E-state index in [-0.39, 0.29) is 24.7 Å². The molecule has 1 saturated heterocycles. The van der Waals surface area contributed by atoms with Crippen molar-refractivity contribution in [2.24, 2.45) is 0 Å². The van der Waals surface area contributed by atoms with E-state index in [1.807, 2.05) is 25.7 Å².